The van der Waals surface area contributed by atoms with Gasteiger partial charge in [0.05, 0.1) is 13.2 Å². The molecule has 1 N–H and O–H groups in total. The van der Waals surface area contributed by atoms with Crippen molar-refractivity contribution in [3.63, 3.8) is 0 Å². The summed E-state index contributed by atoms with van der Waals surface area (Å²) in [5, 5.41) is 10.3. The van der Waals surface area contributed by atoms with Crippen molar-refractivity contribution < 1.29 is 14.6 Å². The van der Waals surface area contributed by atoms with Crippen molar-refractivity contribution in [2.45, 2.75) is 50.9 Å². The van der Waals surface area contributed by atoms with Crippen LogP contribution in [-0.4, -0.2) is 45.3 Å². The van der Waals surface area contributed by atoms with Crippen molar-refractivity contribution in [3.05, 3.63) is 69.9 Å². The minimum Gasteiger partial charge on any atom is -0.468 e. The number of esters is 1. The summed E-state index contributed by atoms with van der Waals surface area (Å²) >= 11 is 0. The first kappa shape index (κ1) is 21.1. The van der Waals surface area contributed by atoms with Gasteiger partial charge in [-0.1, -0.05) is 12.1 Å². The Morgan fingerprint density at radius 3 is 2.84 bits per heavy atom. The van der Waals surface area contributed by atoms with Crippen LogP contribution >= 0.6 is 0 Å². The Morgan fingerprint density at radius 2 is 2.16 bits per heavy atom. The third-order valence-electron chi connectivity index (χ3n) is 7.36. The van der Waals surface area contributed by atoms with Crippen molar-refractivity contribution in [3.8, 4) is 0 Å². The Kier molecular flexibility index (Phi) is 5.69. The average Bonchev–Trinajstić information content (AvgIpc) is 3.35. The lowest BCUT2D eigenvalue weighted by molar-refractivity contribution is -0.148. The van der Waals surface area contributed by atoms with Gasteiger partial charge in [0.25, 0.3) is 5.56 Å². The molecule has 1 saturated heterocycles. The topological polar surface area (TPSA) is 84.7 Å². The summed E-state index contributed by atoms with van der Waals surface area (Å²) in [4.78, 5) is 32.5. The molecule has 2 aromatic rings. The van der Waals surface area contributed by atoms with Crippen LogP contribution in [0.4, 0.5) is 0 Å². The number of hydrogen-bond acceptors (Lipinski definition) is 6. The first-order chi connectivity index (χ1) is 15.6. The molecule has 3 aliphatic rings. The molecule has 0 saturated carbocycles. The van der Waals surface area contributed by atoms with Gasteiger partial charge in [0.15, 0.2) is 0 Å². The Morgan fingerprint density at radius 1 is 1.28 bits per heavy atom. The van der Waals surface area contributed by atoms with Crippen LogP contribution in [0.15, 0.2) is 47.5 Å². The van der Waals surface area contributed by atoms with E-state index in [0.717, 1.165) is 41.7 Å². The summed E-state index contributed by atoms with van der Waals surface area (Å²) in [5.41, 5.74) is 3.86. The highest BCUT2D eigenvalue weighted by Gasteiger charge is 2.56. The number of likely N-dealkylation sites (tertiary alicyclic amines) is 1. The fourth-order valence-electron chi connectivity index (χ4n) is 5.90. The number of aliphatic hydroxyl groups excluding tert-OH is 1. The number of aliphatic hydroxyl groups is 1. The van der Waals surface area contributed by atoms with Gasteiger partial charge in [-0.2, -0.15) is 0 Å². The van der Waals surface area contributed by atoms with Crippen LogP contribution in [0.1, 0.15) is 48.5 Å². The van der Waals surface area contributed by atoms with Gasteiger partial charge >= 0.3 is 5.97 Å². The van der Waals surface area contributed by atoms with E-state index in [1.165, 1.54) is 13.5 Å². The second-order valence-electron chi connectivity index (χ2n) is 9.02. The number of pyridine rings is 2. The Bertz CT molecular complexity index is 1090. The Hall–Kier alpha value is -2.77. The maximum absolute atomic E-state index is 13.5. The van der Waals surface area contributed by atoms with E-state index in [-0.39, 0.29) is 36.0 Å². The van der Waals surface area contributed by atoms with Gasteiger partial charge in [0, 0.05) is 55.2 Å². The lowest BCUT2D eigenvalue weighted by atomic mass is 9.88. The minimum atomic E-state index is -0.565. The quantitative estimate of drug-likeness (QED) is 0.727. The molecule has 168 valence electrons. The highest BCUT2D eigenvalue weighted by atomic mass is 16.5. The zero-order valence-corrected chi connectivity index (χ0v) is 18.3. The van der Waals surface area contributed by atoms with E-state index in [9.17, 15) is 14.7 Å². The second-order valence-corrected chi connectivity index (χ2v) is 9.02. The number of nitrogens with zero attached hydrogens (tertiary/aromatic N) is 3. The molecule has 0 radical (unpaired) electrons. The smallest absolute Gasteiger partial charge is 0.323 e. The second kappa shape index (κ2) is 8.64. The zero-order valence-electron chi connectivity index (χ0n) is 18.3. The maximum Gasteiger partial charge on any atom is 0.323 e. The van der Waals surface area contributed by atoms with Gasteiger partial charge < -0.3 is 14.4 Å². The number of allylic oxidation sites excluding steroid dienone is 2. The molecule has 1 aliphatic carbocycles. The highest BCUT2D eigenvalue weighted by molar-refractivity contribution is 5.77. The van der Waals surface area contributed by atoms with Crippen LogP contribution in [0, 0.1) is 11.8 Å². The third-order valence-corrected chi connectivity index (χ3v) is 7.36. The lowest BCUT2D eigenvalue weighted by Gasteiger charge is -2.29. The van der Waals surface area contributed by atoms with E-state index in [1.807, 2.05) is 28.8 Å². The van der Waals surface area contributed by atoms with Crippen LogP contribution in [0.3, 0.4) is 0 Å². The summed E-state index contributed by atoms with van der Waals surface area (Å²) in [6, 6.07) is 7.14. The fourth-order valence-corrected chi connectivity index (χ4v) is 5.90. The molecule has 32 heavy (non-hydrogen) atoms. The van der Waals surface area contributed by atoms with Crippen LogP contribution in [0.25, 0.3) is 5.57 Å². The molecule has 0 aromatic carbocycles. The summed E-state index contributed by atoms with van der Waals surface area (Å²) in [6.07, 6.45) is 9.96. The predicted molar refractivity (Wildman–Crippen MR) is 120 cm³/mol. The van der Waals surface area contributed by atoms with Gasteiger partial charge in [-0.15, -0.1) is 0 Å². The monoisotopic (exact) mass is 435 g/mol. The number of carbonyl (C=O) groups is 1. The molecule has 4 heterocycles. The van der Waals surface area contributed by atoms with E-state index in [1.54, 1.807) is 12.4 Å². The average molecular weight is 436 g/mol. The maximum atomic E-state index is 13.5. The first-order valence-corrected chi connectivity index (χ1v) is 11.4. The molecular weight excluding hydrogens is 406 g/mol. The molecule has 2 aromatic heterocycles. The Labute approximate surface area is 187 Å². The minimum absolute atomic E-state index is 0.0379. The van der Waals surface area contributed by atoms with Crippen LogP contribution in [0.2, 0.25) is 0 Å². The van der Waals surface area contributed by atoms with Crippen molar-refractivity contribution in [1.82, 2.24) is 14.5 Å². The number of rotatable bonds is 5. The number of fused-ring (bicyclic) bond motifs is 3. The van der Waals surface area contributed by atoms with Gasteiger partial charge in [0.2, 0.25) is 0 Å². The molecule has 5 rings (SSSR count). The molecule has 1 fully saturated rings. The van der Waals surface area contributed by atoms with Gasteiger partial charge in [0.1, 0.15) is 6.04 Å². The molecule has 0 spiro atoms. The summed E-state index contributed by atoms with van der Waals surface area (Å²) in [5.74, 6) is -0.690. The largest absolute Gasteiger partial charge is 0.468 e. The Balaban J connectivity index is 1.57. The van der Waals surface area contributed by atoms with Crippen molar-refractivity contribution >= 4 is 11.5 Å². The van der Waals surface area contributed by atoms with E-state index in [4.69, 9.17) is 4.74 Å². The first-order valence-electron chi connectivity index (χ1n) is 11.4. The number of aromatic nitrogens is 2. The van der Waals surface area contributed by atoms with Crippen LogP contribution in [0.5, 0.6) is 0 Å². The molecule has 0 amide bonds. The van der Waals surface area contributed by atoms with Crippen LogP contribution in [-0.2, 0) is 22.6 Å². The van der Waals surface area contributed by atoms with Crippen molar-refractivity contribution in [2.24, 2.45) is 11.8 Å². The molecule has 7 heteroatoms. The molecule has 0 unspecified atom stereocenters. The van der Waals surface area contributed by atoms with Gasteiger partial charge in [-0.05, 0) is 55.0 Å². The normalized spacial score (nSPS) is 27.0. The highest BCUT2D eigenvalue weighted by Crippen LogP contribution is 2.50. The number of hydrogen-bond donors (Lipinski definition) is 1. The van der Waals surface area contributed by atoms with Crippen LogP contribution < -0.4 is 5.56 Å². The summed E-state index contributed by atoms with van der Waals surface area (Å²) in [7, 11) is 1.38. The van der Waals surface area contributed by atoms with Gasteiger partial charge in [-0.25, -0.2) is 0 Å². The number of methoxy groups -OCH3 is 1. The molecule has 7 nitrogen and oxygen atoms in total. The predicted octanol–water partition coefficient (Wildman–Crippen LogP) is 2.54. The van der Waals surface area contributed by atoms with E-state index >= 15 is 0 Å². The van der Waals surface area contributed by atoms with Gasteiger partial charge in [-0.3, -0.25) is 19.5 Å². The van der Waals surface area contributed by atoms with E-state index in [2.05, 4.69) is 16.0 Å². The summed E-state index contributed by atoms with van der Waals surface area (Å²) < 4.78 is 6.99. The van der Waals surface area contributed by atoms with E-state index < -0.39 is 6.04 Å². The molecule has 4 atom stereocenters. The SMILES string of the molecule is COC(=O)[C@@H]1[C@@H](CO)[C@@H]2Cn3c(ccc(C4=CCCCC4)c3=O)[C@@H]2N1Cc1cccnc1. The standard InChI is InChI=1S/C25H29N3O4/c1-32-25(31)23-20(15-29)19-14-27-21(22(19)28(23)13-16-6-5-11-26-12-16)10-9-18(24(27)30)17-7-3-2-4-8-17/h5-7,9-12,19-20,22-23,29H,2-4,8,13-15H2,1H3/t19-,20-,22+,23-/m0/s1. The fraction of sp³-hybridized carbons (Fsp3) is 0.480. The van der Waals surface area contributed by atoms with E-state index in [0.29, 0.717) is 13.1 Å². The zero-order chi connectivity index (χ0) is 22.2. The number of ether oxygens (including phenoxy) is 1. The molecule has 2 aliphatic heterocycles. The number of carbonyl (C=O) groups excluding carboxylic acids is 1. The van der Waals surface area contributed by atoms with Crippen molar-refractivity contribution in [2.75, 3.05) is 13.7 Å². The molecular formula is C25H29N3O4. The lowest BCUT2D eigenvalue weighted by Crippen LogP contribution is -2.43. The summed E-state index contributed by atoms with van der Waals surface area (Å²) in [6.45, 7) is 0.861. The third kappa shape index (κ3) is 3.40. The van der Waals surface area contributed by atoms with Crippen molar-refractivity contribution in [1.29, 1.82) is 0 Å². The molecule has 0 bridgehead atoms.